The van der Waals surface area contributed by atoms with Crippen LogP contribution in [0.3, 0.4) is 0 Å². The van der Waals surface area contributed by atoms with Crippen molar-refractivity contribution in [1.82, 2.24) is 15.2 Å². The molecule has 3 aromatic rings. The summed E-state index contributed by atoms with van der Waals surface area (Å²) in [6.45, 7) is 4.75. The Kier molecular flexibility index (Phi) is 12.7. The van der Waals surface area contributed by atoms with Crippen molar-refractivity contribution in [1.29, 1.82) is 0 Å². The molecule has 0 aliphatic carbocycles. The average molecular weight is 689 g/mol. The van der Waals surface area contributed by atoms with E-state index < -0.39 is 47.9 Å². The van der Waals surface area contributed by atoms with Gasteiger partial charge >= 0.3 is 18.3 Å². The molecule has 4 rings (SSSR count). The molecule has 1 fully saturated rings. The number of aliphatic carboxylic acids is 1. The summed E-state index contributed by atoms with van der Waals surface area (Å²) in [5, 5.41) is 21.7. The van der Waals surface area contributed by atoms with Crippen LogP contribution in [0.15, 0.2) is 48.7 Å². The van der Waals surface area contributed by atoms with E-state index in [9.17, 15) is 45.4 Å². The lowest BCUT2D eigenvalue weighted by Crippen LogP contribution is -2.33. The summed E-state index contributed by atoms with van der Waals surface area (Å²) >= 11 is 0. The van der Waals surface area contributed by atoms with Gasteiger partial charge in [-0.1, -0.05) is 12.1 Å². The third-order valence-electron chi connectivity index (χ3n) is 6.83. The summed E-state index contributed by atoms with van der Waals surface area (Å²) in [6.07, 6.45) is -6.83. The van der Waals surface area contributed by atoms with E-state index in [0.717, 1.165) is 44.1 Å². The number of carbonyl (C=O) groups excluding carboxylic acids is 2. The Morgan fingerprint density at radius 1 is 1.00 bits per heavy atom. The molecule has 0 atom stereocenters. The molecule has 1 aliphatic heterocycles. The number of pyridine rings is 1. The molecule has 48 heavy (non-hydrogen) atoms. The normalized spacial score (nSPS) is 13.3. The van der Waals surface area contributed by atoms with Crippen LogP contribution >= 0.6 is 0 Å². The average Bonchev–Trinajstić information content (AvgIpc) is 3.51. The van der Waals surface area contributed by atoms with Crippen molar-refractivity contribution in [3.05, 3.63) is 71.2 Å². The van der Waals surface area contributed by atoms with Gasteiger partial charge in [0.15, 0.2) is 0 Å². The van der Waals surface area contributed by atoms with Crippen LogP contribution in [0.4, 0.5) is 36.4 Å². The highest BCUT2D eigenvalue weighted by Crippen LogP contribution is 2.34. The number of likely N-dealkylation sites (tertiary alicyclic amines) is 1. The quantitative estimate of drug-likeness (QED) is 0.201. The molecule has 0 unspecified atom stereocenters. The van der Waals surface area contributed by atoms with E-state index in [1.165, 1.54) is 30.5 Å². The van der Waals surface area contributed by atoms with Crippen molar-refractivity contribution in [3.63, 3.8) is 0 Å². The number of nitrogens with one attached hydrogen (secondary N) is 2. The van der Waals surface area contributed by atoms with Crippen molar-refractivity contribution in [3.8, 4) is 22.8 Å². The van der Waals surface area contributed by atoms with Crippen molar-refractivity contribution >= 4 is 23.5 Å². The van der Waals surface area contributed by atoms with Crippen molar-refractivity contribution in [2.24, 2.45) is 0 Å². The number of carboxylic acids is 1. The number of aromatic nitrogens is 1. The molecule has 17 heteroatoms. The zero-order valence-electron chi connectivity index (χ0n) is 25.3. The minimum atomic E-state index is -5.08. The fraction of sp³-hybridized carbons (Fsp3) is 0.355. The van der Waals surface area contributed by atoms with Crippen LogP contribution in [-0.2, 0) is 22.2 Å². The zero-order chi connectivity index (χ0) is 35.6. The number of carbonyl (C=O) groups is 3. The molecule has 10 nitrogen and oxygen atoms in total. The largest absolute Gasteiger partial charge is 0.493 e. The molecule has 0 radical (unpaired) electrons. The number of benzene rings is 2. The fourth-order valence-electron chi connectivity index (χ4n) is 4.59. The lowest BCUT2D eigenvalue weighted by atomic mass is 10.0. The van der Waals surface area contributed by atoms with Crippen LogP contribution < -0.4 is 15.4 Å². The minimum Gasteiger partial charge on any atom is -0.493 e. The smallest absolute Gasteiger partial charge is 0.490 e. The lowest BCUT2D eigenvalue weighted by Gasteiger charge is -2.16. The van der Waals surface area contributed by atoms with Gasteiger partial charge in [0.25, 0.3) is 5.91 Å². The molecule has 4 N–H and O–H groups in total. The summed E-state index contributed by atoms with van der Waals surface area (Å²) in [5.74, 6) is -4.91. The Labute approximate surface area is 269 Å². The maximum atomic E-state index is 15.0. The molecule has 1 aliphatic rings. The highest BCUT2D eigenvalue weighted by atomic mass is 19.4. The highest BCUT2D eigenvalue weighted by Gasteiger charge is 2.38. The Morgan fingerprint density at radius 3 is 2.25 bits per heavy atom. The van der Waals surface area contributed by atoms with Gasteiger partial charge in [0.1, 0.15) is 11.6 Å². The molecular weight excluding hydrogens is 657 g/mol. The number of hydrogen-bond acceptors (Lipinski definition) is 7. The maximum absolute atomic E-state index is 15.0. The van der Waals surface area contributed by atoms with Crippen LogP contribution in [0, 0.1) is 5.82 Å². The molecule has 0 bridgehead atoms. The number of ether oxygens (including phenoxy) is 1. The Balaban J connectivity index is 0.000000804. The van der Waals surface area contributed by atoms with Crippen molar-refractivity contribution in [2.75, 3.05) is 38.1 Å². The Morgan fingerprint density at radius 2 is 1.67 bits per heavy atom. The summed E-state index contributed by atoms with van der Waals surface area (Å²) in [4.78, 5) is 40.2. The monoisotopic (exact) mass is 688 g/mol. The number of nitrogens with zero attached hydrogens (tertiary/aromatic N) is 2. The van der Waals surface area contributed by atoms with Gasteiger partial charge in [-0.25, -0.2) is 14.2 Å². The Hall–Kier alpha value is -4.93. The molecule has 260 valence electrons. The minimum absolute atomic E-state index is 0.00260. The van der Waals surface area contributed by atoms with Gasteiger partial charge in [-0.05, 0) is 68.2 Å². The predicted octanol–water partition coefficient (Wildman–Crippen LogP) is 5.65. The number of aromatic hydroxyl groups is 1. The van der Waals surface area contributed by atoms with E-state index in [0.29, 0.717) is 30.0 Å². The topological polar surface area (TPSA) is 141 Å². The molecular formula is C31H31F7N4O6. The highest BCUT2D eigenvalue weighted by molar-refractivity contribution is 5.98. The summed E-state index contributed by atoms with van der Waals surface area (Å²) < 4.78 is 92.8. The number of carboxylic acid groups (broad SMARTS) is 1. The molecule has 0 saturated carbocycles. The first-order valence-corrected chi connectivity index (χ1v) is 14.4. The molecule has 2 heterocycles. The third-order valence-corrected chi connectivity index (χ3v) is 6.83. The summed E-state index contributed by atoms with van der Waals surface area (Å²) in [6, 6.07) is 8.00. The first-order chi connectivity index (χ1) is 22.5. The van der Waals surface area contributed by atoms with E-state index in [2.05, 4.69) is 20.5 Å². The number of amides is 2. The molecule has 1 saturated heterocycles. The van der Waals surface area contributed by atoms with Crippen molar-refractivity contribution < 1.29 is 60.1 Å². The van der Waals surface area contributed by atoms with Crippen LogP contribution in [0.25, 0.3) is 11.1 Å². The van der Waals surface area contributed by atoms with E-state index >= 15 is 0 Å². The molecule has 0 spiro atoms. The molecule has 2 amide bonds. The molecule has 2 aromatic carbocycles. The van der Waals surface area contributed by atoms with Gasteiger partial charge in [0.2, 0.25) is 11.8 Å². The van der Waals surface area contributed by atoms with Crippen LogP contribution in [0.5, 0.6) is 11.6 Å². The van der Waals surface area contributed by atoms with E-state index in [4.69, 9.17) is 14.6 Å². The van der Waals surface area contributed by atoms with Gasteiger partial charge in [0.05, 0.1) is 18.6 Å². The second kappa shape index (κ2) is 16.3. The van der Waals surface area contributed by atoms with E-state index in [-0.39, 0.29) is 29.2 Å². The second-order valence-electron chi connectivity index (χ2n) is 10.4. The van der Waals surface area contributed by atoms with Gasteiger partial charge < -0.3 is 30.5 Å². The first-order valence-electron chi connectivity index (χ1n) is 14.4. The number of alkyl halides is 6. The van der Waals surface area contributed by atoms with E-state index in [1.54, 1.807) is 6.92 Å². The predicted molar refractivity (Wildman–Crippen MR) is 158 cm³/mol. The van der Waals surface area contributed by atoms with Gasteiger partial charge in [-0.3, -0.25) is 9.59 Å². The number of rotatable bonds is 10. The summed E-state index contributed by atoms with van der Waals surface area (Å²) in [7, 11) is 0. The van der Waals surface area contributed by atoms with E-state index in [1.807, 2.05) is 0 Å². The van der Waals surface area contributed by atoms with Gasteiger partial charge in [-0.15, -0.1) is 0 Å². The lowest BCUT2D eigenvalue weighted by molar-refractivity contribution is -0.192. The van der Waals surface area contributed by atoms with Crippen molar-refractivity contribution in [2.45, 2.75) is 38.5 Å². The number of anilines is 1. The third kappa shape index (κ3) is 11.1. The standard InChI is InChI=1S/C29H30F4N4O4.C2HF3O2/c1-2-41-25-16-26(38)35-17-23(25)18-5-6-19(24(30)13-18)14-27(39)36-22-12-20(11-21(15-22)29(31,32)33)28(40)34-7-10-37-8-3-4-9-37;3-2(4,5)1(6)7/h5-6,11-13,15-17H,2-4,7-10,14H2,1H3,(H,34,40)(H,35,38)(H,36,39);(H,6,7). The van der Waals surface area contributed by atoms with Crippen LogP contribution in [-0.4, -0.2) is 76.8 Å². The number of halogens is 7. The number of hydrogen-bond donors (Lipinski definition) is 4. The SMILES string of the molecule is CCOc1cc(O)ncc1-c1ccc(CC(=O)Nc2cc(C(=O)NCCN3CCCC3)cc(C(F)(F)F)c2)c(F)c1.O=C(O)C(F)(F)F. The molecule has 1 aromatic heterocycles. The first kappa shape index (κ1) is 37.5. The van der Waals surface area contributed by atoms with Gasteiger partial charge in [0, 0.05) is 42.2 Å². The summed E-state index contributed by atoms with van der Waals surface area (Å²) in [5.41, 5.74) is -0.760. The Bertz CT molecular complexity index is 1610. The maximum Gasteiger partial charge on any atom is 0.490 e. The van der Waals surface area contributed by atoms with Crippen LogP contribution in [0.2, 0.25) is 0 Å². The van der Waals surface area contributed by atoms with Gasteiger partial charge in [-0.2, -0.15) is 26.3 Å². The fourth-order valence-corrected chi connectivity index (χ4v) is 4.59. The zero-order valence-corrected chi connectivity index (χ0v) is 25.3. The second-order valence-corrected chi connectivity index (χ2v) is 10.4. The van der Waals surface area contributed by atoms with Crippen LogP contribution in [0.1, 0.15) is 41.3 Å².